The zero-order chi connectivity index (χ0) is 10.6. The number of aromatic nitrogens is 1. The zero-order valence-corrected chi connectivity index (χ0v) is 6.94. The fraction of sp³-hybridized carbons (Fsp3) is 0.125. The molecule has 0 fully saturated rings. The molecule has 14 heavy (non-hydrogen) atoms. The number of aliphatic carboxylic acids is 1. The van der Waals surface area contributed by atoms with Gasteiger partial charge in [0.05, 0.1) is 0 Å². The summed E-state index contributed by atoms with van der Waals surface area (Å²) in [6, 6.07) is 2.38. The Hall–Kier alpha value is -1.98. The lowest BCUT2D eigenvalue weighted by Gasteiger charge is -2.01. The Morgan fingerprint density at radius 3 is 2.86 bits per heavy atom. The molecule has 1 heterocycles. The van der Waals surface area contributed by atoms with Crippen molar-refractivity contribution < 1.29 is 23.8 Å². The molecule has 0 atom stereocenters. The van der Waals surface area contributed by atoms with Crippen molar-refractivity contribution in [2.45, 2.75) is 6.42 Å². The summed E-state index contributed by atoms with van der Waals surface area (Å²) in [5, 5.41) is 8.22. The lowest BCUT2D eigenvalue weighted by Crippen LogP contribution is -2.14. The van der Waals surface area contributed by atoms with Crippen LogP contribution < -0.4 is 4.74 Å². The Balaban J connectivity index is 2.65. The van der Waals surface area contributed by atoms with Gasteiger partial charge in [-0.3, -0.25) is 9.59 Å². The van der Waals surface area contributed by atoms with Crippen molar-refractivity contribution in [1.82, 2.24) is 4.98 Å². The topological polar surface area (TPSA) is 76.5 Å². The highest BCUT2D eigenvalue weighted by atomic mass is 19.1. The normalized spacial score (nSPS) is 9.50. The van der Waals surface area contributed by atoms with Gasteiger partial charge in [0.1, 0.15) is 6.42 Å². The molecule has 1 rings (SSSR count). The van der Waals surface area contributed by atoms with Gasteiger partial charge in [-0.1, -0.05) is 0 Å². The number of pyridine rings is 1. The fourth-order valence-electron chi connectivity index (χ4n) is 0.714. The Bertz CT molecular complexity index is 366. The quantitative estimate of drug-likeness (QED) is 0.569. The van der Waals surface area contributed by atoms with Crippen molar-refractivity contribution in [1.29, 1.82) is 0 Å². The molecule has 74 valence electrons. The van der Waals surface area contributed by atoms with Crippen molar-refractivity contribution in [2.75, 3.05) is 0 Å². The monoisotopic (exact) mass is 199 g/mol. The third kappa shape index (κ3) is 2.81. The molecule has 0 aromatic carbocycles. The Kier molecular flexibility index (Phi) is 3.11. The number of carbonyl (C=O) groups excluding carboxylic acids is 1. The van der Waals surface area contributed by atoms with E-state index in [-0.39, 0.29) is 0 Å². The molecule has 0 amide bonds. The van der Waals surface area contributed by atoms with E-state index in [1.165, 1.54) is 12.3 Å². The Labute approximate surface area is 78.1 Å². The Morgan fingerprint density at radius 1 is 1.57 bits per heavy atom. The number of nitrogens with zero attached hydrogens (tertiary/aromatic N) is 1. The molecule has 0 aliphatic carbocycles. The predicted octanol–water partition coefficient (Wildman–Crippen LogP) is 0.601. The second-order valence-corrected chi connectivity index (χ2v) is 2.33. The zero-order valence-electron chi connectivity index (χ0n) is 6.94. The van der Waals surface area contributed by atoms with Crippen LogP contribution in [0.2, 0.25) is 0 Å². The molecule has 0 spiro atoms. The number of hydrogen-bond acceptors (Lipinski definition) is 4. The van der Waals surface area contributed by atoms with Crippen LogP contribution in [0, 0.1) is 5.82 Å². The molecule has 6 heteroatoms. The summed E-state index contributed by atoms with van der Waals surface area (Å²) in [7, 11) is 0. The first kappa shape index (κ1) is 10.1. The Morgan fingerprint density at radius 2 is 2.29 bits per heavy atom. The number of ether oxygens (including phenoxy) is 1. The van der Waals surface area contributed by atoms with Crippen LogP contribution in [0.4, 0.5) is 4.39 Å². The number of carboxylic acid groups (broad SMARTS) is 1. The van der Waals surface area contributed by atoms with Crippen LogP contribution in [0.25, 0.3) is 0 Å². The van der Waals surface area contributed by atoms with Crippen LogP contribution in [0.5, 0.6) is 5.88 Å². The van der Waals surface area contributed by atoms with E-state index in [1.807, 2.05) is 0 Å². The largest absolute Gasteiger partial charge is 0.481 e. The first-order chi connectivity index (χ1) is 6.59. The van der Waals surface area contributed by atoms with Gasteiger partial charge in [-0.25, -0.2) is 9.37 Å². The van der Waals surface area contributed by atoms with Crippen LogP contribution in [-0.2, 0) is 9.59 Å². The highest BCUT2D eigenvalue weighted by molar-refractivity contribution is 5.91. The average Bonchev–Trinajstić information content (AvgIpc) is 2.07. The van der Waals surface area contributed by atoms with Crippen LogP contribution in [-0.4, -0.2) is 22.0 Å². The summed E-state index contributed by atoms with van der Waals surface area (Å²) < 4.78 is 17.2. The molecule has 1 N–H and O–H groups in total. The average molecular weight is 199 g/mol. The van der Waals surface area contributed by atoms with Gasteiger partial charge < -0.3 is 9.84 Å². The second kappa shape index (κ2) is 4.31. The highest BCUT2D eigenvalue weighted by Gasteiger charge is 2.13. The maximum absolute atomic E-state index is 12.8. The molecule has 0 saturated carbocycles. The molecule has 0 saturated heterocycles. The van der Waals surface area contributed by atoms with Gasteiger partial charge in [0.2, 0.25) is 0 Å². The summed E-state index contributed by atoms with van der Waals surface area (Å²) in [6.45, 7) is 0. The van der Waals surface area contributed by atoms with Crippen molar-refractivity contribution in [3.63, 3.8) is 0 Å². The first-order valence-corrected chi connectivity index (χ1v) is 3.62. The van der Waals surface area contributed by atoms with E-state index in [9.17, 15) is 14.0 Å². The maximum atomic E-state index is 12.8. The lowest BCUT2D eigenvalue weighted by molar-refractivity contribution is -0.145. The minimum Gasteiger partial charge on any atom is -0.481 e. The van der Waals surface area contributed by atoms with Crippen LogP contribution >= 0.6 is 0 Å². The molecule has 0 aliphatic heterocycles. The number of rotatable bonds is 3. The van der Waals surface area contributed by atoms with E-state index in [2.05, 4.69) is 9.72 Å². The molecule has 0 aliphatic rings. The third-order valence-electron chi connectivity index (χ3n) is 1.23. The number of halogens is 1. The van der Waals surface area contributed by atoms with Crippen molar-refractivity contribution in [3.05, 3.63) is 24.1 Å². The highest BCUT2D eigenvalue weighted by Crippen LogP contribution is 2.11. The summed E-state index contributed by atoms with van der Waals surface area (Å²) in [4.78, 5) is 24.2. The van der Waals surface area contributed by atoms with Gasteiger partial charge >= 0.3 is 11.9 Å². The smallest absolute Gasteiger partial charge is 0.323 e. The molecule has 1 aromatic heterocycles. The molecule has 5 nitrogen and oxygen atoms in total. The van der Waals surface area contributed by atoms with Gasteiger partial charge in [0.25, 0.3) is 5.88 Å². The molecular formula is C8H6FNO4. The van der Waals surface area contributed by atoms with Crippen molar-refractivity contribution in [2.24, 2.45) is 0 Å². The van der Waals surface area contributed by atoms with Gasteiger partial charge in [-0.2, -0.15) is 0 Å². The first-order valence-electron chi connectivity index (χ1n) is 3.62. The standard InChI is InChI=1S/C8H6FNO4/c9-5-2-1-3-10-8(5)14-7(13)4-6(11)12/h1-3H,4H2,(H,11,12). The van der Waals surface area contributed by atoms with Crippen LogP contribution in [0.3, 0.4) is 0 Å². The van der Waals surface area contributed by atoms with Gasteiger partial charge in [-0.15, -0.1) is 0 Å². The summed E-state index contributed by atoms with van der Waals surface area (Å²) >= 11 is 0. The van der Waals surface area contributed by atoms with Crippen LogP contribution in [0.15, 0.2) is 18.3 Å². The number of carbonyl (C=O) groups is 2. The summed E-state index contributed by atoms with van der Waals surface area (Å²) in [5.41, 5.74) is 0. The number of hydrogen-bond donors (Lipinski definition) is 1. The minimum absolute atomic E-state index is 0.515. The van der Waals surface area contributed by atoms with Gasteiger partial charge in [-0.05, 0) is 12.1 Å². The SMILES string of the molecule is O=C(O)CC(=O)Oc1ncccc1F. The minimum atomic E-state index is -1.34. The van der Waals surface area contributed by atoms with E-state index in [0.29, 0.717) is 0 Å². The van der Waals surface area contributed by atoms with Gasteiger partial charge in [0, 0.05) is 6.20 Å². The van der Waals surface area contributed by atoms with E-state index in [1.54, 1.807) is 0 Å². The van der Waals surface area contributed by atoms with E-state index >= 15 is 0 Å². The number of carboxylic acids is 1. The van der Waals surface area contributed by atoms with Gasteiger partial charge in [0.15, 0.2) is 5.82 Å². The van der Waals surface area contributed by atoms with E-state index < -0.39 is 30.1 Å². The molecule has 1 aromatic rings. The molecule has 0 radical (unpaired) electrons. The van der Waals surface area contributed by atoms with E-state index in [0.717, 1.165) is 6.07 Å². The van der Waals surface area contributed by atoms with Crippen LogP contribution in [0.1, 0.15) is 6.42 Å². The van der Waals surface area contributed by atoms with Crippen molar-refractivity contribution in [3.8, 4) is 5.88 Å². The third-order valence-corrected chi connectivity index (χ3v) is 1.23. The predicted molar refractivity (Wildman–Crippen MR) is 42.1 cm³/mol. The van der Waals surface area contributed by atoms with E-state index in [4.69, 9.17) is 5.11 Å². The molecular weight excluding hydrogens is 193 g/mol. The molecule has 0 bridgehead atoms. The molecule has 0 unspecified atom stereocenters. The lowest BCUT2D eigenvalue weighted by atomic mass is 10.4. The van der Waals surface area contributed by atoms with Crippen molar-refractivity contribution >= 4 is 11.9 Å². The second-order valence-electron chi connectivity index (χ2n) is 2.33. The summed E-state index contributed by atoms with van der Waals surface area (Å²) in [5.74, 6) is -3.73. The maximum Gasteiger partial charge on any atom is 0.323 e. The number of esters is 1. The summed E-state index contributed by atoms with van der Waals surface area (Å²) in [6.07, 6.45) is 0.405. The fourth-order valence-corrected chi connectivity index (χ4v) is 0.714.